The first-order chi connectivity index (χ1) is 17.5. The van der Waals surface area contributed by atoms with Gasteiger partial charge >= 0.3 is 0 Å². The zero-order valence-corrected chi connectivity index (χ0v) is 20.2. The second kappa shape index (κ2) is 9.88. The summed E-state index contributed by atoms with van der Waals surface area (Å²) >= 11 is 6.37. The predicted molar refractivity (Wildman–Crippen MR) is 136 cm³/mol. The van der Waals surface area contributed by atoms with Crippen molar-refractivity contribution in [2.75, 3.05) is 11.9 Å². The van der Waals surface area contributed by atoms with Gasteiger partial charge in [0.05, 0.1) is 52.9 Å². The molecule has 0 atom stereocenters. The fraction of sp³-hybridized carbons (Fsp3) is 0.250. The van der Waals surface area contributed by atoms with Crippen LogP contribution < -0.4 is 11.2 Å². The maximum absolute atomic E-state index is 13.3. The monoisotopic (exact) mass is 505 g/mol. The summed E-state index contributed by atoms with van der Waals surface area (Å²) in [4.78, 5) is 13.3. The summed E-state index contributed by atoms with van der Waals surface area (Å²) in [5.41, 5.74) is 4.57. The van der Waals surface area contributed by atoms with Crippen LogP contribution in [0.15, 0.2) is 64.3 Å². The number of amidine groups is 1. The number of azo groups is 1. The molecule has 36 heavy (non-hydrogen) atoms. The first kappa shape index (κ1) is 23.6. The highest BCUT2D eigenvalue weighted by molar-refractivity contribution is 6.34. The summed E-state index contributed by atoms with van der Waals surface area (Å²) in [5.74, 6) is 5.40. The van der Waals surface area contributed by atoms with Gasteiger partial charge in [-0.2, -0.15) is 20.4 Å². The topological polar surface area (TPSA) is 148 Å². The summed E-state index contributed by atoms with van der Waals surface area (Å²) in [5, 5.41) is 33.2. The van der Waals surface area contributed by atoms with Crippen LogP contribution in [0.5, 0.6) is 0 Å². The molecule has 0 saturated heterocycles. The largest absolute Gasteiger partial charge is 0.394 e. The Kier molecular flexibility index (Phi) is 6.49. The maximum Gasteiger partial charge on any atom is 0.259 e. The lowest BCUT2D eigenvalue weighted by Gasteiger charge is -2.09. The summed E-state index contributed by atoms with van der Waals surface area (Å²) in [6.07, 6.45) is 7.18. The summed E-state index contributed by atoms with van der Waals surface area (Å²) in [6, 6.07) is 9.03. The van der Waals surface area contributed by atoms with Crippen LogP contribution in [0.1, 0.15) is 34.5 Å². The number of fused-ring (bicyclic) bond motifs is 1. The van der Waals surface area contributed by atoms with Crippen molar-refractivity contribution in [1.29, 1.82) is 0 Å². The number of aromatic nitrogens is 4. The molecule has 0 spiro atoms. The Morgan fingerprint density at radius 1 is 1.31 bits per heavy atom. The third kappa shape index (κ3) is 4.83. The Morgan fingerprint density at radius 3 is 2.89 bits per heavy atom. The molecule has 1 fully saturated rings. The van der Waals surface area contributed by atoms with Gasteiger partial charge in [-0.15, -0.1) is 5.11 Å². The minimum Gasteiger partial charge on any atom is -0.394 e. The van der Waals surface area contributed by atoms with Crippen LogP contribution >= 0.6 is 11.6 Å². The van der Waals surface area contributed by atoms with Crippen molar-refractivity contribution in [2.24, 2.45) is 21.2 Å². The number of hydrogen-bond acceptors (Lipinski definition) is 7. The second-order valence-corrected chi connectivity index (χ2v) is 8.87. The Hall–Kier alpha value is -4.09. The van der Waals surface area contributed by atoms with E-state index < -0.39 is 0 Å². The molecule has 1 aliphatic rings. The summed E-state index contributed by atoms with van der Waals surface area (Å²) in [7, 11) is 0. The molecule has 1 amide bonds. The van der Waals surface area contributed by atoms with Crippen LogP contribution in [0.2, 0.25) is 5.02 Å². The first-order valence-electron chi connectivity index (χ1n) is 11.4. The van der Waals surface area contributed by atoms with E-state index >= 15 is 0 Å². The first-order valence-corrected chi connectivity index (χ1v) is 11.8. The van der Waals surface area contributed by atoms with Crippen LogP contribution in [0.4, 0.5) is 5.69 Å². The van der Waals surface area contributed by atoms with E-state index in [0.717, 1.165) is 29.7 Å². The number of amides is 1. The van der Waals surface area contributed by atoms with E-state index in [2.05, 4.69) is 30.8 Å². The van der Waals surface area contributed by atoms with Crippen molar-refractivity contribution in [3.63, 3.8) is 0 Å². The van der Waals surface area contributed by atoms with Crippen molar-refractivity contribution >= 4 is 34.5 Å². The standard InChI is InChI=1S/C24H24ClN9O2/c1-14-19(13-33(32-14)8-9-35)15-6-7-34-22(11-15)18(12-27-34)24(36)28-21-10-16(2-5-20(21)25)23(29-26)31-30-17-3-4-17/h2,5-7,10-13,17,35H,3-4,8-9,26H2,1H3,(H,28,36)/b29-23-,31-30?. The average Bonchev–Trinajstić information content (AvgIpc) is 3.48. The van der Waals surface area contributed by atoms with Gasteiger partial charge < -0.3 is 16.3 Å². The lowest BCUT2D eigenvalue weighted by Crippen LogP contribution is -2.13. The Bertz CT molecular complexity index is 1500. The van der Waals surface area contributed by atoms with Gasteiger partial charge in [0.1, 0.15) is 0 Å². The molecule has 4 N–H and O–H groups in total. The number of rotatable bonds is 7. The fourth-order valence-electron chi connectivity index (χ4n) is 3.78. The lowest BCUT2D eigenvalue weighted by molar-refractivity contribution is 0.102. The number of carbonyl (C=O) groups excluding carboxylic acids is 1. The Morgan fingerprint density at radius 2 is 2.14 bits per heavy atom. The van der Waals surface area contributed by atoms with E-state index in [-0.39, 0.29) is 24.4 Å². The van der Waals surface area contributed by atoms with Crippen LogP contribution in [0, 0.1) is 6.92 Å². The zero-order chi connectivity index (χ0) is 25.2. The van der Waals surface area contributed by atoms with Crippen LogP contribution in [0.3, 0.4) is 0 Å². The molecule has 3 heterocycles. The highest BCUT2D eigenvalue weighted by atomic mass is 35.5. The second-order valence-electron chi connectivity index (χ2n) is 8.47. The lowest BCUT2D eigenvalue weighted by atomic mass is 10.1. The van der Waals surface area contributed by atoms with Gasteiger partial charge in [-0.25, -0.2) is 4.52 Å². The SMILES string of the molecule is Cc1nn(CCO)cc1-c1ccn2ncc(C(=O)Nc3cc(/C(N=NC4CC4)=N/N)ccc3Cl)c2c1. The Balaban J connectivity index is 1.43. The van der Waals surface area contributed by atoms with Crippen molar-refractivity contribution in [3.05, 3.63) is 70.8 Å². The van der Waals surface area contributed by atoms with E-state index in [1.165, 1.54) is 6.20 Å². The number of halogens is 1. The number of aryl methyl sites for hydroxylation is 1. The minimum absolute atomic E-state index is 0.00168. The third-order valence-corrected chi connectivity index (χ3v) is 6.14. The molecule has 12 heteroatoms. The fourth-order valence-corrected chi connectivity index (χ4v) is 3.94. The summed E-state index contributed by atoms with van der Waals surface area (Å²) in [6.45, 7) is 2.30. The molecule has 11 nitrogen and oxygen atoms in total. The van der Waals surface area contributed by atoms with Gasteiger partial charge in [-0.05, 0) is 55.7 Å². The van der Waals surface area contributed by atoms with E-state index in [0.29, 0.717) is 33.9 Å². The molecule has 1 saturated carbocycles. The summed E-state index contributed by atoms with van der Waals surface area (Å²) < 4.78 is 3.32. The van der Waals surface area contributed by atoms with Crippen LogP contribution in [0.25, 0.3) is 16.6 Å². The predicted octanol–water partition coefficient (Wildman–Crippen LogP) is 3.64. The number of hydrogen-bond donors (Lipinski definition) is 3. The quantitative estimate of drug-likeness (QED) is 0.115. The number of nitrogens with zero attached hydrogens (tertiary/aromatic N) is 7. The molecule has 0 bridgehead atoms. The molecule has 4 aromatic rings. The third-order valence-electron chi connectivity index (χ3n) is 5.81. The number of hydrazone groups is 1. The van der Waals surface area contributed by atoms with Crippen LogP contribution in [-0.4, -0.2) is 48.9 Å². The molecule has 0 aliphatic heterocycles. The van der Waals surface area contributed by atoms with Gasteiger partial charge in [0, 0.05) is 23.5 Å². The Labute approximate surface area is 211 Å². The molecule has 0 radical (unpaired) electrons. The maximum atomic E-state index is 13.3. The number of pyridine rings is 1. The van der Waals surface area contributed by atoms with Crippen molar-refractivity contribution in [2.45, 2.75) is 32.4 Å². The zero-order valence-electron chi connectivity index (χ0n) is 19.5. The number of aliphatic hydroxyl groups excluding tert-OH is 1. The van der Waals surface area contributed by atoms with Crippen molar-refractivity contribution in [3.8, 4) is 11.1 Å². The van der Waals surface area contributed by atoms with Crippen LogP contribution in [-0.2, 0) is 6.54 Å². The molecular formula is C24H24ClN9O2. The van der Waals surface area contributed by atoms with Gasteiger partial charge in [0.15, 0.2) is 5.84 Å². The highest BCUT2D eigenvalue weighted by Gasteiger charge is 2.21. The van der Waals surface area contributed by atoms with E-state index in [1.807, 2.05) is 25.3 Å². The number of carbonyl (C=O) groups is 1. The highest BCUT2D eigenvalue weighted by Crippen LogP contribution is 2.28. The minimum atomic E-state index is -0.375. The van der Waals surface area contributed by atoms with E-state index in [9.17, 15) is 9.90 Å². The number of nitrogens with one attached hydrogen (secondary N) is 1. The van der Waals surface area contributed by atoms with Crippen molar-refractivity contribution in [1.82, 2.24) is 19.4 Å². The van der Waals surface area contributed by atoms with Gasteiger partial charge in [0.25, 0.3) is 5.91 Å². The van der Waals surface area contributed by atoms with Crippen molar-refractivity contribution < 1.29 is 9.90 Å². The van der Waals surface area contributed by atoms with Gasteiger partial charge in [-0.3, -0.25) is 9.48 Å². The van der Waals surface area contributed by atoms with Gasteiger partial charge in [0.2, 0.25) is 0 Å². The molecule has 5 rings (SSSR count). The number of anilines is 1. The average molecular weight is 506 g/mol. The molecule has 1 aliphatic carbocycles. The normalized spacial score (nSPS) is 14.1. The molecule has 184 valence electrons. The van der Waals surface area contributed by atoms with E-state index in [1.54, 1.807) is 33.6 Å². The van der Waals surface area contributed by atoms with Gasteiger partial charge in [-0.1, -0.05) is 11.6 Å². The number of aliphatic hydroxyl groups is 1. The number of nitrogens with two attached hydrogens (primary N) is 1. The molecule has 3 aromatic heterocycles. The number of benzene rings is 1. The molecular weight excluding hydrogens is 482 g/mol. The van der Waals surface area contributed by atoms with E-state index in [4.69, 9.17) is 17.4 Å². The molecule has 0 unspecified atom stereocenters. The molecule has 1 aromatic carbocycles. The smallest absolute Gasteiger partial charge is 0.259 e.